The molecule has 0 radical (unpaired) electrons. The summed E-state index contributed by atoms with van der Waals surface area (Å²) in [5, 5.41) is 11.4. The van der Waals surface area contributed by atoms with Gasteiger partial charge in [-0.1, -0.05) is 24.3 Å². The SMILES string of the molecule is C=CCC(NC(=O)N(C)c1ccccc1C)C(=O)O. The molecule has 1 unspecified atom stereocenters. The molecule has 0 fully saturated rings. The second-order valence-electron chi connectivity index (χ2n) is 4.21. The number of hydrogen-bond acceptors (Lipinski definition) is 2. The molecule has 2 N–H and O–H groups in total. The zero-order valence-electron chi connectivity index (χ0n) is 11.1. The van der Waals surface area contributed by atoms with Crippen LogP contribution >= 0.6 is 0 Å². The Balaban J connectivity index is 2.80. The maximum Gasteiger partial charge on any atom is 0.326 e. The first-order valence-corrected chi connectivity index (χ1v) is 5.91. The zero-order chi connectivity index (χ0) is 14.4. The normalized spacial score (nSPS) is 11.5. The number of nitrogens with zero attached hydrogens (tertiary/aromatic N) is 1. The molecule has 5 nitrogen and oxygen atoms in total. The number of para-hydroxylation sites is 1. The minimum absolute atomic E-state index is 0.183. The molecule has 2 amide bonds. The summed E-state index contributed by atoms with van der Waals surface area (Å²) in [6.45, 7) is 5.37. The molecular weight excluding hydrogens is 244 g/mol. The number of carbonyl (C=O) groups is 2. The van der Waals surface area contributed by atoms with Gasteiger partial charge in [0, 0.05) is 12.7 Å². The van der Waals surface area contributed by atoms with E-state index in [-0.39, 0.29) is 6.42 Å². The second kappa shape index (κ2) is 6.58. The molecule has 0 saturated heterocycles. The molecule has 0 spiro atoms. The summed E-state index contributed by atoms with van der Waals surface area (Å²) in [5.41, 5.74) is 1.68. The van der Waals surface area contributed by atoms with Crippen molar-refractivity contribution in [1.82, 2.24) is 5.32 Å². The molecule has 0 saturated carbocycles. The molecule has 0 aromatic heterocycles. The molecule has 1 rings (SSSR count). The van der Waals surface area contributed by atoms with Crippen molar-refractivity contribution in [2.45, 2.75) is 19.4 Å². The number of urea groups is 1. The summed E-state index contributed by atoms with van der Waals surface area (Å²) in [6, 6.07) is 5.97. The lowest BCUT2D eigenvalue weighted by Crippen LogP contribution is -2.46. The van der Waals surface area contributed by atoms with E-state index in [0.717, 1.165) is 11.3 Å². The van der Waals surface area contributed by atoms with Crippen molar-refractivity contribution in [3.05, 3.63) is 42.5 Å². The van der Waals surface area contributed by atoms with Gasteiger partial charge in [-0.05, 0) is 25.0 Å². The van der Waals surface area contributed by atoms with Gasteiger partial charge in [0.25, 0.3) is 0 Å². The van der Waals surface area contributed by atoms with Crippen LogP contribution in [0, 0.1) is 6.92 Å². The number of anilines is 1. The van der Waals surface area contributed by atoms with Gasteiger partial charge in [-0.15, -0.1) is 6.58 Å². The van der Waals surface area contributed by atoms with Crippen LogP contribution in [0.5, 0.6) is 0 Å². The first kappa shape index (κ1) is 14.8. The van der Waals surface area contributed by atoms with E-state index in [2.05, 4.69) is 11.9 Å². The highest BCUT2D eigenvalue weighted by Gasteiger charge is 2.21. The van der Waals surface area contributed by atoms with Crippen LogP contribution in [0.25, 0.3) is 0 Å². The fourth-order valence-corrected chi connectivity index (χ4v) is 1.68. The van der Waals surface area contributed by atoms with Crippen molar-refractivity contribution in [2.75, 3.05) is 11.9 Å². The van der Waals surface area contributed by atoms with Gasteiger partial charge in [-0.2, -0.15) is 0 Å². The van der Waals surface area contributed by atoms with Crippen LogP contribution in [0.4, 0.5) is 10.5 Å². The quantitative estimate of drug-likeness (QED) is 0.799. The van der Waals surface area contributed by atoms with Gasteiger partial charge in [0.2, 0.25) is 0 Å². The van der Waals surface area contributed by atoms with E-state index in [9.17, 15) is 9.59 Å². The van der Waals surface area contributed by atoms with Gasteiger partial charge >= 0.3 is 12.0 Å². The minimum Gasteiger partial charge on any atom is -0.480 e. The predicted molar refractivity (Wildman–Crippen MR) is 74.4 cm³/mol. The van der Waals surface area contributed by atoms with Gasteiger partial charge in [0.15, 0.2) is 0 Å². The summed E-state index contributed by atoms with van der Waals surface area (Å²) in [4.78, 5) is 24.4. The molecule has 1 atom stereocenters. The second-order valence-corrected chi connectivity index (χ2v) is 4.21. The van der Waals surface area contributed by atoms with E-state index >= 15 is 0 Å². The number of carboxylic acids is 1. The Labute approximate surface area is 112 Å². The highest BCUT2D eigenvalue weighted by atomic mass is 16.4. The largest absolute Gasteiger partial charge is 0.480 e. The number of hydrogen-bond donors (Lipinski definition) is 2. The molecular formula is C14H18N2O3. The molecule has 102 valence electrons. The van der Waals surface area contributed by atoms with Gasteiger partial charge in [-0.3, -0.25) is 4.90 Å². The maximum atomic E-state index is 12.0. The van der Waals surface area contributed by atoms with Crippen LogP contribution in [0.1, 0.15) is 12.0 Å². The van der Waals surface area contributed by atoms with Crippen molar-refractivity contribution < 1.29 is 14.7 Å². The van der Waals surface area contributed by atoms with E-state index in [1.165, 1.54) is 11.0 Å². The van der Waals surface area contributed by atoms with Crippen LogP contribution in [0.2, 0.25) is 0 Å². The molecule has 19 heavy (non-hydrogen) atoms. The van der Waals surface area contributed by atoms with E-state index in [0.29, 0.717) is 0 Å². The Morgan fingerprint density at radius 2 is 2.11 bits per heavy atom. The van der Waals surface area contributed by atoms with Crippen LogP contribution < -0.4 is 10.2 Å². The van der Waals surface area contributed by atoms with Gasteiger partial charge in [0.1, 0.15) is 6.04 Å². The number of aryl methyl sites for hydroxylation is 1. The van der Waals surface area contributed by atoms with Crippen molar-refractivity contribution in [3.8, 4) is 0 Å². The van der Waals surface area contributed by atoms with Gasteiger partial charge in [-0.25, -0.2) is 9.59 Å². The first-order valence-electron chi connectivity index (χ1n) is 5.91. The third-order valence-corrected chi connectivity index (χ3v) is 2.78. The number of carboxylic acid groups (broad SMARTS) is 1. The summed E-state index contributed by atoms with van der Waals surface area (Å²) < 4.78 is 0. The Morgan fingerprint density at radius 1 is 1.47 bits per heavy atom. The van der Waals surface area contributed by atoms with E-state index in [1.54, 1.807) is 13.1 Å². The molecule has 0 aliphatic carbocycles. The lowest BCUT2D eigenvalue weighted by atomic mass is 10.2. The van der Waals surface area contributed by atoms with Crippen LogP contribution in [0.15, 0.2) is 36.9 Å². The monoisotopic (exact) mass is 262 g/mol. The summed E-state index contributed by atoms with van der Waals surface area (Å²) in [7, 11) is 1.60. The molecule has 5 heteroatoms. The highest BCUT2D eigenvalue weighted by Crippen LogP contribution is 2.17. The lowest BCUT2D eigenvalue weighted by molar-refractivity contribution is -0.139. The Bertz CT molecular complexity index is 485. The number of benzene rings is 1. The van der Waals surface area contributed by atoms with Crippen LogP contribution in [-0.4, -0.2) is 30.2 Å². The van der Waals surface area contributed by atoms with Gasteiger partial charge < -0.3 is 10.4 Å². The Morgan fingerprint density at radius 3 is 2.63 bits per heavy atom. The van der Waals surface area contributed by atoms with E-state index in [4.69, 9.17) is 5.11 Å². The molecule has 1 aromatic rings. The third kappa shape index (κ3) is 3.84. The first-order chi connectivity index (χ1) is 8.97. The minimum atomic E-state index is -1.08. The standard InChI is InChI=1S/C14H18N2O3/c1-4-7-11(13(17)18)15-14(19)16(3)12-9-6-5-8-10(12)2/h4-6,8-9,11H,1,7H2,2-3H3,(H,15,19)(H,17,18). The van der Waals surface area contributed by atoms with E-state index < -0.39 is 18.0 Å². The average molecular weight is 262 g/mol. The number of aliphatic carboxylic acids is 1. The fraction of sp³-hybridized carbons (Fsp3) is 0.286. The van der Waals surface area contributed by atoms with Crippen molar-refractivity contribution in [1.29, 1.82) is 0 Å². The fourth-order valence-electron chi connectivity index (χ4n) is 1.68. The molecule has 1 aromatic carbocycles. The third-order valence-electron chi connectivity index (χ3n) is 2.78. The molecule has 0 bridgehead atoms. The van der Waals surface area contributed by atoms with E-state index in [1.807, 2.05) is 25.1 Å². The lowest BCUT2D eigenvalue weighted by Gasteiger charge is -2.22. The number of carbonyl (C=O) groups excluding carboxylic acids is 1. The summed E-state index contributed by atoms with van der Waals surface area (Å²) >= 11 is 0. The average Bonchev–Trinajstić information content (AvgIpc) is 2.37. The molecule has 0 heterocycles. The highest BCUT2D eigenvalue weighted by molar-refractivity contribution is 5.94. The Kier molecular flexibility index (Phi) is 5.11. The molecule has 0 aliphatic rings. The molecule has 0 aliphatic heterocycles. The Hall–Kier alpha value is -2.30. The van der Waals surface area contributed by atoms with Crippen LogP contribution in [-0.2, 0) is 4.79 Å². The maximum absolute atomic E-state index is 12.0. The summed E-state index contributed by atoms with van der Waals surface area (Å²) in [6.07, 6.45) is 1.65. The smallest absolute Gasteiger partial charge is 0.326 e. The van der Waals surface area contributed by atoms with Gasteiger partial charge in [0.05, 0.1) is 0 Å². The van der Waals surface area contributed by atoms with Crippen LogP contribution in [0.3, 0.4) is 0 Å². The summed E-state index contributed by atoms with van der Waals surface area (Å²) in [5.74, 6) is -1.08. The topological polar surface area (TPSA) is 69.6 Å². The van der Waals surface area contributed by atoms with Crippen molar-refractivity contribution >= 4 is 17.7 Å². The van der Waals surface area contributed by atoms with Crippen molar-refractivity contribution in [3.63, 3.8) is 0 Å². The number of amides is 2. The predicted octanol–water partition coefficient (Wildman–Crippen LogP) is 2.17. The zero-order valence-corrected chi connectivity index (χ0v) is 11.1. The number of rotatable bonds is 5. The number of nitrogens with one attached hydrogen (secondary N) is 1. The van der Waals surface area contributed by atoms with Crippen molar-refractivity contribution in [2.24, 2.45) is 0 Å².